The molecular formula is C16H14ClF2N3O3. The molecule has 0 saturated carbocycles. The molecule has 0 atom stereocenters. The van der Waals surface area contributed by atoms with Crippen LogP contribution in [0.5, 0.6) is 5.75 Å². The second-order valence-electron chi connectivity index (χ2n) is 5.55. The minimum absolute atomic E-state index is 0.0171. The fraction of sp³-hybridized carbons (Fsp3) is 0.312. The number of nitrogens with zero attached hydrogens (tertiary/aromatic N) is 3. The molecule has 3 rings (SSSR count). The summed E-state index contributed by atoms with van der Waals surface area (Å²) in [5, 5.41) is 8.90. The predicted octanol–water partition coefficient (Wildman–Crippen LogP) is 3.15. The molecule has 9 heteroatoms. The lowest BCUT2D eigenvalue weighted by Gasteiger charge is -2.33. The van der Waals surface area contributed by atoms with E-state index in [2.05, 4.69) is 9.97 Å². The summed E-state index contributed by atoms with van der Waals surface area (Å²) in [4.78, 5) is 20.6. The molecule has 0 bridgehead atoms. The summed E-state index contributed by atoms with van der Waals surface area (Å²) in [5.74, 6) is -2.17. The third kappa shape index (κ3) is 3.96. The highest BCUT2D eigenvalue weighted by Crippen LogP contribution is 2.27. The summed E-state index contributed by atoms with van der Waals surface area (Å²) in [7, 11) is 0. The number of hydrogen-bond donors (Lipinski definition) is 1. The summed E-state index contributed by atoms with van der Waals surface area (Å²) >= 11 is 6.01. The van der Waals surface area contributed by atoms with E-state index in [0.29, 0.717) is 31.7 Å². The van der Waals surface area contributed by atoms with Crippen molar-refractivity contribution in [2.75, 3.05) is 18.0 Å². The van der Waals surface area contributed by atoms with Gasteiger partial charge in [0, 0.05) is 32.0 Å². The molecule has 1 aliphatic rings. The molecule has 1 fully saturated rings. The number of rotatable bonds is 4. The second-order valence-corrected chi connectivity index (χ2v) is 5.91. The Hall–Kier alpha value is -2.48. The molecule has 2 aromatic rings. The van der Waals surface area contributed by atoms with Crippen molar-refractivity contribution in [3.05, 3.63) is 46.9 Å². The molecule has 2 heterocycles. The van der Waals surface area contributed by atoms with Crippen LogP contribution in [0, 0.1) is 11.6 Å². The van der Waals surface area contributed by atoms with Gasteiger partial charge in [0.1, 0.15) is 11.9 Å². The number of ether oxygens (including phenoxy) is 1. The molecule has 1 aromatic heterocycles. The molecule has 1 N–H and O–H groups in total. The number of carboxylic acid groups (broad SMARTS) is 1. The van der Waals surface area contributed by atoms with Crippen LogP contribution in [0.3, 0.4) is 0 Å². The molecule has 0 radical (unpaired) electrons. The Labute approximate surface area is 147 Å². The highest BCUT2D eigenvalue weighted by molar-refractivity contribution is 6.31. The second kappa shape index (κ2) is 7.18. The summed E-state index contributed by atoms with van der Waals surface area (Å²) in [5.41, 5.74) is -0.223. The van der Waals surface area contributed by atoms with E-state index in [1.165, 1.54) is 6.07 Å². The van der Waals surface area contributed by atoms with Crippen molar-refractivity contribution in [1.82, 2.24) is 9.97 Å². The molecular weight excluding hydrogens is 356 g/mol. The van der Waals surface area contributed by atoms with Gasteiger partial charge >= 0.3 is 5.97 Å². The molecule has 0 aliphatic carbocycles. The van der Waals surface area contributed by atoms with Crippen molar-refractivity contribution in [3.8, 4) is 5.75 Å². The van der Waals surface area contributed by atoms with Crippen LogP contribution in [0.15, 0.2) is 24.4 Å². The van der Waals surface area contributed by atoms with Gasteiger partial charge in [0.05, 0.1) is 6.20 Å². The quantitative estimate of drug-likeness (QED) is 0.892. The number of benzene rings is 1. The number of hydrogen-bond acceptors (Lipinski definition) is 5. The predicted molar refractivity (Wildman–Crippen MR) is 86.2 cm³/mol. The van der Waals surface area contributed by atoms with Crippen LogP contribution >= 0.6 is 11.6 Å². The first kappa shape index (κ1) is 17.3. The van der Waals surface area contributed by atoms with Crippen molar-refractivity contribution < 1.29 is 23.4 Å². The van der Waals surface area contributed by atoms with Gasteiger partial charge in [0.2, 0.25) is 0 Å². The number of anilines is 1. The topological polar surface area (TPSA) is 75.5 Å². The van der Waals surface area contributed by atoms with Crippen molar-refractivity contribution in [2.24, 2.45) is 0 Å². The van der Waals surface area contributed by atoms with E-state index in [9.17, 15) is 13.6 Å². The van der Waals surface area contributed by atoms with Gasteiger partial charge in [-0.05, 0) is 12.1 Å². The van der Waals surface area contributed by atoms with E-state index in [0.717, 1.165) is 18.3 Å². The van der Waals surface area contributed by atoms with E-state index in [-0.39, 0.29) is 22.7 Å². The standard InChI is InChI=1S/C16H14ClF2N3O3/c17-14-15(20-8-12(21-14)16(23)24)22-5-3-10(4-6-22)25-13-2-1-9(18)7-11(13)19/h1-2,7-8,10H,3-6H2,(H,23,24). The average molecular weight is 370 g/mol. The molecule has 1 aliphatic heterocycles. The van der Waals surface area contributed by atoms with Crippen molar-refractivity contribution >= 4 is 23.4 Å². The summed E-state index contributed by atoms with van der Waals surface area (Å²) in [6.07, 6.45) is 2.09. The fourth-order valence-electron chi connectivity index (χ4n) is 2.61. The van der Waals surface area contributed by atoms with Crippen molar-refractivity contribution in [3.63, 3.8) is 0 Å². The van der Waals surface area contributed by atoms with Gasteiger partial charge in [0.25, 0.3) is 0 Å². The zero-order valence-corrected chi connectivity index (χ0v) is 13.7. The van der Waals surface area contributed by atoms with Crippen LogP contribution < -0.4 is 9.64 Å². The van der Waals surface area contributed by atoms with Crippen LogP contribution in [-0.4, -0.2) is 40.2 Å². The van der Waals surface area contributed by atoms with Gasteiger partial charge in [-0.3, -0.25) is 0 Å². The van der Waals surface area contributed by atoms with Crippen LogP contribution in [0.2, 0.25) is 5.15 Å². The summed E-state index contributed by atoms with van der Waals surface area (Å²) in [6, 6.07) is 3.20. The highest BCUT2D eigenvalue weighted by atomic mass is 35.5. The third-order valence-corrected chi connectivity index (χ3v) is 4.11. The number of halogens is 3. The largest absolute Gasteiger partial charge is 0.487 e. The molecule has 0 unspecified atom stereocenters. The first-order valence-electron chi connectivity index (χ1n) is 7.56. The van der Waals surface area contributed by atoms with Gasteiger partial charge < -0.3 is 14.7 Å². The zero-order valence-electron chi connectivity index (χ0n) is 13.0. The molecule has 1 aromatic carbocycles. The smallest absolute Gasteiger partial charge is 0.356 e. The first-order chi connectivity index (χ1) is 11.9. The molecule has 0 spiro atoms. The van der Waals surface area contributed by atoms with Gasteiger partial charge in [0.15, 0.2) is 28.2 Å². The lowest BCUT2D eigenvalue weighted by atomic mass is 10.1. The van der Waals surface area contributed by atoms with Gasteiger partial charge in [-0.25, -0.2) is 23.5 Å². The Morgan fingerprint density at radius 2 is 2.04 bits per heavy atom. The number of carbonyl (C=O) groups is 1. The van der Waals surface area contributed by atoms with Crippen LogP contribution in [0.1, 0.15) is 23.3 Å². The van der Waals surface area contributed by atoms with Gasteiger partial charge in [-0.15, -0.1) is 0 Å². The van der Waals surface area contributed by atoms with Gasteiger partial charge in [-0.2, -0.15) is 0 Å². The van der Waals surface area contributed by atoms with Crippen LogP contribution in [0.4, 0.5) is 14.6 Å². The minimum atomic E-state index is -1.20. The molecule has 6 nitrogen and oxygen atoms in total. The number of aromatic nitrogens is 2. The maximum absolute atomic E-state index is 13.6. The first-order valence-corrected chi connectivity index (χ1v) is 7.94. The van der Waals surface area contributed by atoms with Crippen molar-refractivity contribution in [2.45, 2.75) is 18.9 Å². The Morgan fingerprint density at radius 3 is 2.64 bits per heavy atom. The van der Waals surface area contributed by atoms with E-state index in [1.54, 1.807) is 0 Å². The summed E-state index contributed by atoms with van der Waals surface area (Å²) in [6.45, 7) is 1.07. The lowest BCUT2D eigenvalue weighted by Crippen LogP contribution is -2.39. The zero-order chi connectivity index (χ0) is 18.0. The van der Waals surface area contributed by atoms with Crippen LogP contribution in [-0.2, 0) is 0 Å². The average Bonchev–Trinajstić information content (AvgIpc) is 2.58. The lowest BCUT2D eigenvalue weighted by molar-refractivity contribution is 0.0690. The summed E-state index contributed by atoms with van der Waals surface area (Å²) < 4.78 is 32.2. The normalized spacial score (nSPS) is 15.2. The van der Waals surface area contributed by atoms with Crippen LogP contribution in [0.25, 0.3) is 0 Å². The van der Waals surface area contributed by atoms with Gasteiger partial charge in [-0.1, -0.05) is 11.6 Å². The van der Waals surface area contributed by atoms with E-state index in [4.69, 9.17) is 21.4 Å². The SMILES string of the molecule is O=C(O)c1cnc(N2CCC(Oc3ccc(F)cc3F)CC2)c(Cl)n1. The molecule has 0 amide bonds. The number of piperidine rings is 1. The Balaban J connectivity index is 1.63. The van der Waals surface area contributed by atoms with E-state index >= 15 is 0 Å². The third-order valence-electron chi connectivity index (χ3n) is 3.86. The number of carboxylic acids is 1. The van der Waals surface area contributed by atoms with E-state index in [1.807, 2.05) is 4.90 Å². The Morgan fingerprint density at radius 1 is 1.32 bits per heavy atom. The fourth-order valence-corrected chi connectivity index (χ4v) is 2.87. The molecule has 132 valence electrons. The Bertz CT molecular complexity index is 798. The van der Waals surface area contributed by atoms with E-state index < -0.39 is 17.6 Å². The molecule has 25 heavy (non-hydrogen) atoms. The highest BCUT2D eigenvalue weighted by Gasteiger charge is 2.24. The Kier molecular flexibility index (Phi) is 4.98. The maximum atomic E-state index is 13.6. The maximum Gasteiger partial charge on any atom is 0.356 e. The van der Waals surface area contributed by atoms with Crippen molar-refractivity contribution in [1.29, 1.82) is 0 Å². The number of aromatic carboxylic acids is 1. The monoisotopic (exact) mass is 369 g/mol. The minimum Gasteiger partial charge on any atom is -0.487 e. The molecule has 1 saturated heterocycles.